The van der Waals surface area contributed by atoms with Crippen LogP contribution in [0.2, 0.25) is 0 Å². The summed E-state index contributed by atoms with van der Waals surface area (Å²) in [5.74, 6) is 0.678. The van der Waals surface area contributed by atoms with Crippen LogP contribution in [0.4, 0.5) is 0 Å². The lowest BCUT2D eigenvalue weighted by Gasteiger charge is -2.17. The van der Waals surface area contributed by atoms with Crippen molar-refractivity contribution in [1.82, 2.24) is 19.9 Å². The zero-order valence-corrected chi connectivity index (χ0v) is 16.0. The summed E-state index contributed by atoms with van der Waals surface area (Å²) in [7, 11) is 0. The molecule has 5 heteroatoms. The molecule has 2 aromatic heterocycles. The number of aryl methyl sites for hydroxylation is 1. The molecular formula is C23H22N4O. The number of amides is 1. The Morgan fingerprint density at radius 3 is 2.64 bits per heavy atom. The van der Waals surface area contributed by atoms with Crippen molar-refractivity contribution in [3.8, 4) is 0 Å². The molecule has 4 rings (SSSR count). The first-order valence-corrected chi connectivity index (χ1v) is 9.34. The van der Waals surface area contributed by atoms with E-state index in [-0.39, 0.29) is 11.9 Å². The van der Waals surface area contributed by atoms with E-state index in [1.54, 1.807) is 24.5 Å². The van der Waals surface area contributed by atoms with E-state index >= 15 is 0 Å². The third-order valence-corrected chi connectivity index (χ3v) is 4.93. The largest absolute Gasteiger partial charge is 0.342 e. The lowest BCUT2D eigenvalue weighted by molar-refractivity contribution is 0.0937. The Balaban J connectivity index is 1.70. The molecule has 1 atom stereocenters. The zero-order chi connectivity index (χ0) is 19.5. The van der Waals surface area contributed by atoms with Gasteiger partial charge in [0.1, 0.15) is 5.82 Å². The Hall–Kier alpha value is -3.47. The second-order valence-corrected chi connectivity index (χ2v) is 6.91. The van der Waals surface area contributed by atoms with Crippen LogP contribution in [0.3, 0.4) is 0 Å². The molecule has 0 radical (unpaired) electrons. The Kier molecular flexibility index (Phi) is 4.89. The van der Waals surface area contributed by atoms with E-state index in [4.69, 9.17) is 4.98 Å². The molecule has 0 spiro atoms. The summed E-state index contributed by atoms with van der Waals surface area (Å²) >= 11 is 0. The van der Waals surface area contributed by atoms with Crippen molar-refractivity contribution in [2.75, 3.05) is 0 Å². The minimum atomic E-state index is -0.246. The summed E-state index contributed by atoms with van der Waals surface area (Å²) < 4.78 is 2.19. The van der Waals surface area contributed by atoms with Gasteiger partial charge in [-0.15, -0.1) is 0 Å². The standard InChI is InChI=1S/C23H22N4O/c1-16-8-3-4-9-19(16)15-27-21-12-6-5-11-20(21)26-22(27)17(2)25-23(28)18-10-7-13-24-14-18/h3-14,17H,15H2,1-2H3,(H,25,28). The van der Waals surface area contributed by atoms with E-state index in [1.807, 2.05) is 31.2 Å². The molecule has 140 valence electrons. The number of rotatable bonds is 5. The smallest absolute Gasteiger partial charge is 0.253 e. The number of fused-ring (bicyclic) bond motifs is 1. The van der Waals surface area contributed by atoms with E-state index < -0.39 is 0 Å². The van der Waals surface area contributed by atoms with E-state index in [2.05, 4.69) is 46.1 Å². The molecular weight excluding hydrogens is 348 g/mol. The van der Waals surface area contributed by atoms with Gasteiger partial charge in [0, 0.05) is 18.9 Å². The average molecular weight is 370 g/mol. The number of benzene rings is 2. The fraction of sp³-hybridized carbons (Fsp3) is 0.174. The molecule has 2 aromatic carbocycles. The quantitative estimate of drug-likeness (QED) is 0.570. The van der Waals surface area contributed by atoms with Crippen LogP contribution in [0.5, 0.6) is 0 Å². The molecule has 0 fully saturated rings. The minimum Gasteiger partial charge on any atom is -0.342 e. The van der Waals surface area contributed by atoms with E-state index in [9.17, 15) is 4.79 Å². The van der Waals surface area contributed by atoms with Crippen LogP contribution in [0.1, 0.15) is 40.3 Å². The number of para-hydroxylation sites is 2. The van der Waals surface area contributed by atoms with Gasteiger partial charge >= 0.3 is 0 Å². The van der Waals surface area contributed by atoms with Gasteiger partial charge in [-0.25, -0.2) is 4.98 Å². The molecule has 1 N–H and O–H groups in total. The number of nitrogens with zero attached hydrogens (tertiary/aromatic N) is 3. The van der Waals surface area contributed by atoms with Crippen molar-refractivity contribution in [3.05, 3.63) is 95.6 Å². The number of nitrogens with one attached hydrogen (secondary N) is 1. The predicted octanol–water partition coefficient (Wildman–Crippen LogP) is 4.28. The van der Waals surface area contributed by atoms with E-state index in [0.717, 1.165) is 16.9 Å². The summed E-state index contributed by atoms with van der Waals surface area (Å²) in [6.45, 7) is 4.78. The highest BCUT2D eigenvalue weighted by Crippen LogP contribution is 2.23. The van der Waals surface area contributed by atoms with Crippen LogP contribution < -0.4 is 5.32 Å². The van der Waals surface area contributed by atoms with Crippen LogP contribution in [0, 0.1) is 6.92 Å². The monoisotopic (exact) mass is 370 g/mol. The topological polar surface area (TPSA) is 59.8 Å². The molecule has 0 aliphatic heterocycles. The minimum absolute atomic E-state index is 0.157. The molecule has 0 saturated heterocycles. The zero-order valence-electron chi connectivity index (χ0n) is 16.0. The summed E-state index contributed by atoms with van der Waals surface area (Å²) in [6.07, 6.45) is 3.22. The van der Waals surface area contributed by atoms with Crippen molar-refractivity contribution < 1.29 is 4.79 Å². The van der Waals surface area contributed by atoms with Gasteiger partial charge in [0.15, 0.2) is 0 Å². The number of imidazole rings is 1. The van der Waals surface area contributed by atoms with Crippen molar-refractivity contribution in [2.24, 2.45) is 0 Å². The second-order valence-electron chi connectivity index (χ2n) is 6.91. The van der Waals surface area contributed by atoms with Gasteiger partial charge < -0.3 is 9.88 Å². The molecule has 0 aliphatic rings. The number of carbonyl (C=O) groups is 1. The summed E-state index contributed by atoms with van der Waals surface area (Å²) in [6, 6.07) is 19.7. The third-order valence-electron chi connectivity index (χ3n) is 4.93. The highest BCUT2D eigenvalue weighted by Gasteiger charge is 2.19. The van der Waals surface area contributed by atoms with Gasteiger partial charge in [0.2, 0.25) is 0 Å². The lowest BCUT2D eigenvalue weighted by atomic mass is 10.1. The molecule has 4 aromatic rings. The number of hydrogen-bond donors (Lipinski definition) is 1. The molecule has 1 unspecified atom stereocenters. The van der Waals surface area contributed by atoms with Gasteiger partial charge in [0.05, 0.1) is 22.6 Å². The maximum atomic E-state index is 12.6. The molecule has 0 bridgehead atoms. The van der Waals surface area contributed by atoms with Crippen LogP contribution in [-0.2, 0) is 6.54 Å². The summed E-state index contributed by atoms with van der Waals surface area (Å²) in [4.78, 5) is 21.4. The van der Waals surface area contributed by atoms with Gasteiger partial charge in [-0.05, 0) is 49.2 Å². The Labute approximate surface area is 164 Å². The van der Waals surface area contributed by atoms with Gasteiger partial charge in [-0.3, -0.25) is 9.78 Å². The summed E-state index contributed by atoms with van der Waals surface area (Å²) in [5, 5.41) is 3.05. The Morgan fingerprint density at radius 1 is 1.07 bits per heavy atom. The molecule has 28 heavy (non-hydrogen) atoms. The molecule has 0 aliphatic carbocycles. The number of carbonyl (C=O) groups excluding carboxylic acids is 1. The number of aromatic nitrogens is 3. The van der Waals surface area contributed by atoms with Crippen molar-refractivity contribution in [1.29, 1.82) is 0 Å². The highest BCUT2D eigenvalue weighted by molar-refractivity contribution is 5.94. The average Bonchev–Trinajstić information content (AvgIpc) is 3.09. The highest BCUT2D eigenvalue weighted by atomic mass is 16.1. The Morgan fingerprint density at radius 2 is 1.86 bits per heavy atom. The maximum Gasteiger partial charge on any atom is 0.253 e. The molecule has 1 amide bonds. The normalized spacial score (nSPS) is 12.1. The molecule has 0 saturated carbocycles. The fourth-order valence-electron chi connectivity index (χ4n) is 3.39. The number of hydrogen-bond acceptors (Lipinski definition) is 3. The van der Waals surface area contributed by atoms with Crippen LogP contribution in [-0.4, -0.2) is 20.4 Å². The van der Waals surface area contributed by atoms with Crippen molar-refractivity contribution in [2.45, 2.75) is 26.4 Å². The van der Waals surface area contributed by atoms with Gasteiger partial charge in [-0.2, -0.15) is 0 Å². The Bertz CT molecular complexity index is 1120. The van der Waals surface area contributed by atoms with Crippen molar-refractivity contribution >= 4 is 16.9 Å². The van der Waals surface area contributed by atoms with Gasteiger partial charge in [-0.1, -0.05) is 36.4 Å². The predicted molar refractivity (Wildman–Crippen MR) is 110 cm³/mol. The first-order chi connectivity index (χ1) is 13.6. The SMILES string of the molecule is Cc1ccccc1Cn1c(C(C)NC(=O)c2cccnc2)nc2ccccc21. The first-order valence-electron chi connectivity index (χ1n) is 9.34. The fourth-order valence-corrected chi connectivity index (χ4v) is 3.39. The molecule has 2 heterocycles. The summed E-state index contributed by atoms with van der Waals surface area (Å²) in [5.41, 5.74) is 4.99. The van der Waals surface area contributed by atoms with E-state index in [0.29, 0.717) is 12.1 Å². The van der Waals surface area contributed by atoms with Crippen LogP contribution in [0.25, 0.3) is 11.0 Å². The van der Waals surface area contributed by atoms with E-state index in [1.165, 1.54) is 11.1 Å². The van der Waals surface area contributed by atoms with Crippen LogP contribution in [0.15, 0.2) is 73.1 Å². The van der Waals surface area contributed by atoms with Crippen LogP contribution >= 0.6 is 0 Å². The number of pyridine rings is 1. The van der Waals surface area contributed by atoms with Gasteiger partial charge in [0.25, 0.3) is 5.91 Å². The lowest BCUT2D eigenvalue weighted by Crippen LogP contribution is -2.29. The van der Waals surface area contributed by atoms with Crippen molar-refractivity contribution in [3.63, 3.8) is 0 Å². The first kappa shape index (κ1) is 17.9. The third kappa shape index (κ3) is 3.51. The molecule has 5 nitrogen and oxygen atoms in total. The second kappa shape index (κ2) is 7.64. The maximum absolute atomic E-state index is 12.6.